The molecule has 6 heterocycles. The van der Waals surface area contributed by atoms with Gasteiger partial charge in [-0.25, -0.2) is 8.78 Å². The molecule has 5 atom stereocenters. The summed E-state index contributed by atoms with van der Waals surface area (Å²) in [5.41, 5.74) is 1.74. The van der Waals surface area contributed by atoms with Gasteiger partial charge in [0.1, 0.15) is 30.2 Å². The summed E-state index contributed by atoms with van der Waals surface area (Å²) in [5, 5.41) is 21.9. The largest absolute Gasteiger partial charge is 0.508 e. The Morgan fingerprint density at radius 1 is 1.21 bits per heavy atom. The van der Waals surface area contributed by atoms with Gasteiger partial charge in [0.2, 0.25) is 5.91 Å². The number of rotatable bonds is 7. The summed E-state index contributed by atoms with van der Waals surface area (Å²) in [6.07, 6.45) is 9.20. The number of benzene rings is 2. The van der Waals surface area contributed by atoms with Crippen LogP contribution in [0.4, 0.5) is 20.3 Å². The SMILES string of the molecule is C#Cc1c(F)ccc2cc(O)cc(N3CCc4c(nc(OC[C@]5(C)C[C@@H](F)CN5C5CCOCC5)nc4N4C[C@H]5CC(C#N)[C@@H](C4)N5C(=O)C=C)C3)c12. The molecule has 4 fully saturated rings. The number of aromatic nitrogens is 2. The van der Waals surface area contributed by atoms with Crippen LogP contribution in [0.1, 0.15) is 49.4 Å². The second-order valence-corrected chi connectivity index (χ2v) is 15.2. The van der Waals surface area contributed by atoms with E-state index in [1.807, 2.05) is 11.8 Å². The van der Waals surface area contributed by atoms with Crippen molar-refractivity contribution >= 4 is 28.2 Å². The van der Waals surface area contributed by atoms with Gasteiger partial charge in [-0.05, 0) is 56.2 Å². The molecule has 276 valence electrons. The van der Waals surface area contributed by atoms with Crippen LogP contribution in [0, 0.1) is 35.4 Å². The zero-order valence-electron chi connectivity index (χ0n) is 29.8. The summed E-state index contributed by atoms with van der Waals surface area (Å²) < 4.78 is 42.1. The van der Waals surface area contributed by atoms with Crippen molar-refractivity contribution in [1.29, 1.82) is 5.26 Å². The lowest BCUT2D eigenvalue weighted by molar-refractivity contribution is -0.129. The molecule has 11 nitrogen and oxygen atoms in total. The van der Waals surface area contributed by atoms with E-state index in [0.717, 1.165) is 18.4 Å². The van der Waals surface area contributed by atoms with Gasteiger partial charge in [-0.15, -0.1) is 6.42 Å². The average Bonchev–Trinajstić information content (AvgIpc) is 3.60. The Labute approximate surface area is 307 Å². The molecule has 5 aliphatic heterocycles. The van der Waals surface area contributed by atoms with Gasteiger partial charge in [0.05, 0.1) is 47.4 Å². The van der Waals surface area contributed by atoms with Gasteiger partial charge in [0, 0.05) is 74.6 Å². The smallest absolute Gasteiger partial charge is 0.318 e. The highest BCUT2D eigenvalue weighted by Crippen LogP contribution is 2.42. The zero-order valence-corrected chi connectivity index (χ0v) is 29.8. The third kappa shape index (κ3) is 6.20. The molecule has 0 radical (unpaired) electrons. The summed E-state index contributed by atoms with van der Waals surface area (Å²) in [4.78, 5) is 31.1. The van der Waals surface area contributed by atoms with Gasteiger partial charge in [-0.2, -0.15) is 15.2 Å². The molecule has 0 aliphatic carbocycles. The third-order valence-electron chi connectivity index (χ3n) is 11.9. The Morgan fingerprint density at radius 2 is 2.02 bits per heavy atom. The quantitative estimate of drug-likeness (QED) is 0.276. The highest BCUT2D eigenvalue weighted by atomic mass is 19.1. The average molecular weight is 724 g/mol. The summed E-state index contributed by atoms with van der Waals surface area (Å²) >= 11 is 0. The first-order valence-electron chi connectivity index (χ1n) is 18.4. The monoisotopic (exact) mass is 723 g/mol. The maximum atomic E-state index is 15.1. The Bertz CT molecular complexity index is 2040. The third-order valence-corrected chi connectivity index (χ3v) is 11.9. The summed E-state index contributed by atoms with van der Waals surface area (Å²) in [7, 11) is 0. The fourth-order valence-corrected chi connectivity index (χ4v) is 9.48. The predicted octanol–water partition coefficient (Wildman–Crippen LogP) is 4.49. The molecule has 5 aliphatic rings. The van der Waals surface area contributed by atoms with Crippen molar-refractivity contribution in [3.8, 4) is 30.2 Å². The molecule has 2 bridgehead atoms. The van der Waals surface area contributed by atoms with E-state index in [1.54, 1.807) is 23.1 Å². The number of nitrogens with zero attached hydrogens (tertiary/aromatic N) is 7. The van der Waals surface area contributed by atoms with Crippen molar-refractivity contribution in [2.24, 2.45) is 5.92 Å². The second-order valence-electron chi connectivity index (χ2n) is 15.2. The molecule has 1 N–H and O–H groups in total. The molecule has 4 saturated heterocycles. The number of nitriles is 1. The van der Waals surface area contributed by atoms with Gasteiger partial charge in [0.25, 0.3) is 0 Å². The number of halogens is 2. The molecule has 13 heteroatoms. The van der Waals surface area contributed by atoms with E-state index in [1.165, 1.54) is 12.1 Å². The number of alkyl halides is 1. The number of terminal acetylenes is 1. The molecule has 0 saturated carbocycles. The van der Waals surface area contributed by atoms with Crippen LogP contribution in [0.25, 0.3) is 10.8 Å². The number of carbonyl (C=O) groups excluding carboxylic acids is 1. The van der Waals surface area contributed by atoms with Crippen LogP contribution in [0.15, 0.2) is 36.9 Å². The van der Waals surface area contributed by atoms with Crippen molar-refractivity contribution < 1.29 is 28.2 Å². The molecule has 3 aromatic rings. The molecule has 1 unspecified atom stereocenters. The predicted molar refractivity (Wildman–Crippen MR) is 195 cm³/mol. The first-order valence-corrected chi connectivity index (χ1v) is 18.4. The molecule has 2 aromatic carbocycles. The Kier molecular flexibility index (Phi) is 9.12. The minimum Gasteiger partial charge on any atom is -0.508 e. The van der Waals surface area contributed by atoms with Crippen LogP contribution in [0.3, 0.4) is 0 Å². The lowest BCUT2D eigenvalue weighted by atomic mass is 9.96. The van der Waals surface area contributed by atoms with Gasteiger partial charge in [-0.1, -0.05) is 18.6 Å². The lowest BCUT2D eigenvalue weighted by Crippen LogP contribution is -2.57. The number of phenols is 1. The number of hydrogen-bond donors (Lipinski definition) is 1. The number of fused-ring (bicyclic) bond motifs is 4. The van der Waals surface area contributed by atoms with Crippen LogP contribution < -0.4 is 14.5 Å². The topological polar surface area (TPSA) is 118 Å². The highest BCUT2D eigenvalue weighted by Gasteiger charge is 2.49. The highest BCUT2D eigenvalue weighted by molar-refractivity contribution is 6.00. The number of likely N-dealkylation sites (tertiary alicyclic amines) is 1. The molecule has 0 spiro atoms. The van der Waals surface area contributed by atoms with Crippen LogP contribution in [0.2, 0.25) is 0 Å². The number of hydrogen-bond acceptors (Lipinski definition) is 10. The maximum absolute atomic E-state index is 15.1. The normalized spacial score (nSPS) is 27.4. The number of carbonyl (C=O) groups is 1. The van der Waals surface area contributed by atoms with Crippen LogP contribution in [-0.2, 0) is 22.5 Å². The number of ether oxygens (including phenoxy) is 2. The van der Waals surface area contributed by atoms with Crippen molar-refractivity contribution in [2.45, 2.75) is 75.4 Å². The fourth-order valence-electron chi connectivity index (χ4n) is 9.48. The number of amides is 1. The van der Waals surface area contributed by atoms with Crippen LogP contribution in [-0.4, -0.2) is 107 Å². The van der Waals surface area contributed by atoms with Gasteiger partial charge in [0.15, 0.2) is 0 Å². The molecular weight excluding hydrogens is 680 g/mol. The van der Waals surface area contributed by atoms with Gasteiger partial charge >= 0.3 is 6.01 Å². The first kappa shape index (κ1) is 35.1. The molecule has 53 heavy (non-hydrogen) atoms. The van der Waals surface area contributed by atoms with E-state index in [-0.39, 0.29) is 53.9 Å². The Morgan fingerprint density at radius 3 is 2.77 bits per heavy atom. The molecular formula is C40H43F2N7O4. The van der Waals surface area contributed by atoms with E-state index in [0.29, 0.717) is 93.2 Å². The van der Waals surface area contributed by atoms with Crippen molar-refractivity contribution in [2.75, 3.05) is 55.8 Å². The molecule has 1 amide bonds. The summed E-state index contributed by atoms with van der Waals surface area (Å²) in [5.74, 6) is 2.18. The standard InChI is InChI=1S/C40H43F2N7O4/c1-4-30-32(42)7-6-24-15-29(50)16-34(37(24)30)46-11-8-31-33(21-46)44-39(53-23-40(3)17-26(41)19-48(40)27-9-12-52-13-10-27)45-38(31)47-20-28-14-25(18-43)35(22-47)49(28)36(51)5-2/h1,5-7,15-16,25-28,35,50H,2,8-14,17,19-23H2,3H3/t25?,26-,28-,35-,40+/m1/s1. The zero-order chi connectivity index (χ0) is 37.0. The van der Waals surface area contributed by atoms with Crippen molar-refractivity contribution in [3.63, 3.8) is 0 Å². The van der Waals surface area contributed by atoms with Gasteiger partial charge in [-0.3, -0.25) is 9.69 Å². The first-order chi connectivity index (χ1) is 25.6. The molecule has 1 aromatic heterocycles. The fraction of sp³-hybridized carbons (Fsp3) is 0.500. The van der Waals surface area contributed by atoms with Crippen LogP contribution in [0.5, 0.6) is 11.8 Å². The minimum atomic E-state index is -0.979. The summed E-state index contributed by atoms with van der Waals surface area (Å²) in [6, 6.07) is 8.31. The molecule has 8 rings (SSSR count). The Hall–Kier alpha value is -4.98. The van der Waals surface area contributed by atoms with E-state index < -0.39 is 17.5 Å². The Balaban J connectivity index is 1.16. The minimum absolute atomic E-state index is 0.0276. The van der Waals surface area contributed by atoms with E-state index in [2.05, 4.69) is 28.4 Å². The van der Waals surface area contributed by atoms with Gasteiger partial charge < -0.3 is 29.3 Å². The number of phenolic OH excluding ortho intramolecular Hbond substituents is 1. The number of aromatic hydroxyl groups is 1. The van der Waals surface area contributed by atoms with Crippen molar-refractivity contribution in [1.82, 2.24) is 19.8 Å². The van der Waals surface area contributed by atoms with E-state index >= 15 is 8.78 Å². The van der Waals surface area contributed by atoms with Crippen molar-refractivity contribution in [3.05, 3.63) is 59.6 Å². The summed E-state index contributed by atoms with van der Waals surface area (Å²) in [6.45, 7) is 9.21. The lowest BCUT2D eigenvalue weighted by Gasteiger charge is -2.43. The van der Waals surface area contributed by atoms with E-state index in [4.69, 9.17) is 25.9 Å². The van der Waals surface area contributed by atoms with E-state index in [9.17, 15) is 15.2 Å². The van der Waals surface area contributed by atoms with Crippen LogP contribution >= 0.6 is 0 Å². The number of piperazine rings is 1. The maximum Gasteiger partial charge on any atom is 0.318 e. The second kappa shape index (κ2) is 13.8. The number of anilines is 2.